The van der Waals surface area contributed by atoms with Crippen LogP contribution in [0.15, 0.2) is 18.2 Å². The van der Waals surface area contributed by atoms with Crippen LogP contribution in [0.5, 0.6) is 0 Å². The first-order valence-electron chi connectivity index (χ1n) is 6.58. The van der Waals surface area contributed by atoms with E-state index >= 15 is 0 Å². The molecule has 0 saturated carbocycles. The zero-order valence-corrected chi connectivity index (χ0v) is 11.8. The molecule has 1 N–H and O–H groups in total. The Bertz CT molecular complexity index is 419. The summed E-state index contributed by atoms with van der Waals surface area (Å²) in [6.07, 6.45) is 0.884. The molecule has 19 heavy (non-hydrogen) atoms. The normalized spacial score (nSPS) is 10.7. The topological polar surface area (TPSA) is 64.4 Å². The van der Waals surface area contributed by atoms with Crippen LogP contribution in [0, 0.1) is 23.0 Å². The predicted molar refractivity (Wildman–Crippen MR) is 76.6 cm³/mol. The van der Waals surface area contributed by atoms with E-state index in [1.807, 2.05) is 6.07 Å². The van der Waals surface area contributed by atoms with Crippen molar-refractivity contribution >= 4 is 11.4 Å². The highest BCUT2D eigenvalue weighted by Crippen LogP contribution is 2.24. The Hall–Kier alpha value is -1.62. The summed E-state index contributed by atoms with van der Waals surface area (Å²) in [4.78, 5) is 10.5. The number of nitro groups is 1. The molecular formula is C14H22N2O3. The zero-order chi connectivity index (χ0) is 14.3. The van der Waals surface area contributed by atoms with Crippen LogP contribution < -0.4 is 5.32 Å². The molecule has 5 nitrogen and oxygen atoms in total. The monoisotopic (exact) mass is 266 g/mol. The minimum Gasteiger partial charge on any atom is -0.385 e. The first-order valence-corrected chi connectivity index (χ1v) is 6.58. The van der Waals surface area contributed by atoms with Gasteiger partial charge < -0.3 is 10.1 Å². The summed E-state index contributed by atoms with van der Waals surface area (Å²) in [6, 6.07) is 5.08. The van der Waals surface area contributed by atoms with Crippen LogP contribution >= 0.6 is 0 Å². The van der Waals surface area contributed by atoms with Crippen LogP contribution in [0.25, 0.3) is 0 Å². The van der Waals surface area contributed by atoms with E-state index < -0.39 is 0 Å². The van der Waals surface area contributed by atoms with Crippen LogP contribution in [0.2, 0.25) is 0 Å². The van der Waals surface area contributed by atoms with Crippen LogP contribution in [0.4, 0.5) is 11.4 Å². The van der Waals surface area contributed by atoms with E-state index in [0.717, 1.165) is 25.3 Å². The van der Waals surface area contributed by atoms with Crippen molar-refractivity contribution in [1.29, 1.82) is 0 Å². The fourth-order valence-electron chi connectivity index (χ4n) is 1.73. The van der Waals surface area contributed by atoms with E-state index in [0.29, 0.717) is 18.1 Å². The van der Waals surface area contributed by atoms with Crippen LogP contribution in [-0.4, -0.2) is 24.7 Å². The number of hydrogen-bond acceptors (Lipinski definition) is 4. The second kappa shape index (κ2) is 7.74. The molecule has 1 aromatic rings. The van der Waals surface area contributed by atoms with Gasteiger partial charge in [0.05, 0.1) is 4.92 Å². The first kappa shape index (κ1) is 15.4. The van der Waals surface area contributed by atoms with E-state index in [9.17, 15) is 10.1 Å². The fraction of sp³-hybridized carbons (Fsp3) is 0.571. The number of rotatable bonds is 8. The fourth-order valence-corrected chi connectivity index (χ4v) is 1.73. The van der Waals surface area contributed by atoms with Gasteiger partial charge in [-0.3, -0.25) is 10.1 Å². The number of benzene rings is 1. The minimum absolute atomic E-state index is 0.154. The lowest BCUT2D eigenvalue weighted by atomic mass is 10.1. The van der Waals surface area contributed by atoms with Crippen molar-refractivity contribution in [2.75, 3.05) is 25.1 Å². The van der Waals surface area contributed by atoms with Gasteiger partial charge in [-0.25, -0.2) is 0 Å². The highest BCUT2D eigenvalue weighted by Gasteiger charge is 2.12. The Labute approximate surface area is 114 Å². The molecular weight excluding hydrogens is 244 g/mol. The lowest BCUT2D eigenvalue weighted by molar-refractivity contribution is -0.385. The van der Waals surface area contributed by atoms with Gasteiger partial charge in [0.2, 0.25) is 0 Å². The van der Waals surface area contributed by atoms with Gasteiger partial charge in [0.25, 0.3) is 5.69 Å². The average molecular weight is 266 g/mol. The number of hydrogen-bond donors (Lipinski definition) is 1. The summed E-state index contributed by atoms with van der Waals surface area (Å²) < 4.78 is 5.48. The van der Waals surface area contributed by atoms with E-state index in [1.165, 1.54) is 6.07 Å². The zero-order valence-electron chi connectivity index (χ0n) is 11.8. The van der Waals surface area contributed by atoms with Gasteiger partial charge in [0, 0.05) is 37.1 Å². The molecule has 0 radical (unpaired) electrons. The Balaban J connectivity index is 2.37. The highest BCUT2D eigenvalue weighted by molar-refractivity contribution is 5.59. The second-order valence-corrected chi connectivity index (χ2v) is 4.96. The predicted octanol–water partition coefficient (Wildman–Crippen LogP) is 3.38. The maximum absolute atomic E-state index is 10.8. The van der Waals surface area contributed by atoms with Gasteiger partial charge in [-0.05, 0) is 25.3 Å². The Kier molecular flexibility index (Phi) is 6.29. The number of ether oxygens (including phenoxy) is 1. The molecule has 5 heteroatoms. The third-order valence-corrected chi connectivity index (χ3v) is 2.73. The van der Waals surface area contributed by atoms with Crippen molar-refractivity contribution in [1.82, 2.24) is 0 Å². The summed E-state index contributed by atoms with van der Waals surface area (Å²) in [5, 5.41) is 14.0. The van der Waals surface area contributed by atoms with Crippen LogP contribution in [0.3, 0.4) is 0 Å². The SMILES string of the molecule is Cc1c(NCCCOCC(C)C)cccc1[N+](=O)[O-]. The second-order valence-electron chi connectivity index (χ2n) is 4.96. The highest BCUT2D eigenvalue weighted by atomic mass is 16.6. The summed E-state index contributed by atoms with van der Waals surface area (Å²) in [6.45, 7) is 8.22. The third kappa shape index (κ3) is 5.26. The molecule has 106 valence electrons. The Morgan fingerprint density at radius 1 is 1.42 bits per heavy atom. The molecule has 0 atom stereocenters. The van der Waals surface area contributed by atoms with Crippen LogP contribution in [-0.2, 0) is 4.74 Å². The van der Waals surface area contributed by atoms with E-state index in [2.05, 4.69) is 19.2 Å². The van der Waals surface area contributed by atoms with E-state index in [4.69, 9.17) is 4.74 Å². The van der Waals surface area contributed by atoms with Crippen molar-refractivity contribution in [3.8, 4) is 0 Å². The van der Waals surface area contributed by atoms with Gasteiger partial charge >= 0.3 is 0 Å². The maximum atomic E-state index is 10.8. The van der Waals surface area contributed by atoms with Crippen molar-refractivity contribution in [3.05, 3.63) is 33.9 Å². The van der Waals surface area contributed by atoms with Crippen molar-refractivity contribution < 1.29 is 9.66 Å². The van der Waals surface area contributed by atoms with E-state index in [1.54, 1.807) is 13.0 Å². The molecule has 0 aliphatic rings. The smallest absolute Gasteiger partial charge is 0.274 e. The van der Waals surface area contributed by atoms with Crippen LogP contribution in [0.1, 0.15) is 25.8 Å². The maximum Gasteiger partial charge on any atom is 0.274 e. The number of anilines is 1. The lowest BCUT2D eigenvalue weighted by Gasteiger charge is -2.10. The molecule has 0 aliphatic heterocycles. The van der Waals surface area contributed by atoms with Crippen molar-refractivity contribution in [2.24, 2.45) is 5.92 Å². The van der Waals surface area contributed by atoms with Gasteiger partial charge in [-0.15, -0.1) is 0 Å². The molecule has 0 unspecified atom stereocenters. The molecule has 0 spiro atoms. The standard InChI is InChI=1S/C14H22N2O3/c1-11(2)10-19-9-5-8-15-13-6-4-7-14(12(13)3)16(17)18/h4,6-7,11,15H,5,8-10H2,1-3H3. The average Bonchev–Trinajstić information content (AvgIpc) is 2.34. The van der Waals surface area contributed by atoms with Crippen molar-refractivity contribution in [3.63, 3.8) is 0 Å². The third-order valence-electron chi connectivity index (χ3n) is 2.73. The minimum atomic E-state index is -0.355. The van der Waals surface area contributed by atoms with E-state index in [-0.39, 0.29) is 10.6 Å². The molecule has 0 fully saturated rings. The molecule has 1 rings (SSSR count). The summed E-state index contributed by atoms with van der Waals surface area (Å²) in [5.74, 6) is 0.548. The van der Waals surface area contributed by atoms with Crippen molar-refractivity contribution in [2.45, 2.75) is 27.2 Å². The van der Waals surface area contributed by atoms with Gasteiger partial charge in [0.1, 0.15) is 0 Å². The molecule has 0 bridgehead atoms. The van der Waals surface area contributed by atoms with Gasteiger partial charge in [-0.2, -0.15) is 0 Å². The lowest BCUT2D eigenvalue weighted by Crippen LogP contribution is -2.09. The Morgan fingerprint density at radius 3 is 2.79 bits per heavy atom. The van der Waals surface area contributed by atoms with Gasteiger partial charge in [-0.1, -0.05) is 19.9 Å². The largest absolute Gasteiger partial charge is 0.385 e. The Morgan fingerprint density at radius 2 is 2.16 bits per heavy atom. The number of nitrogens with zero attached hydrogens (tertiary/aromatic N) is 1. The van der Waals surface area contributed by atoms with Gasteiger partial charge in [0.15, 0.2) is 0 Å². The molecule has 0 amide bonds. The summed E-state index contributed by atoms with van der Waals surface area (Å²) in [5.41, 5.74) is 1.65. The molecule has 0 saturated heterocycles. The quantitative estimate of drug-likeness (QED) is 0.445. The number of nitrogens with one attached hydrogen (secondary N) is 1. The summed E-state index contributed by atoms with van der Waals surface area (Å²) >= 11 is 0. The molecule has 1 aromatic carbocycles. The summed E-state index contributed by atoms with van der Waals surface area (Å²) in [7, 11) is 0. The molecule has 0 heterocycles. The molecule has 0 aliphatic carbocycles. The molecule has 0 aromatic heterocycles. The number of nitro benzene ring substituents is 1. The first-order chi connectivity index (χ1) is 9.02.